The van der Waals surface area contributed by atoms with Gasteiger partial charge < -0.3 is 4.74 Å². The van der Waals surface area contributed by atoms with Crippen molar-refractivity contribution in [2.24, 2.45) is 0 Å². The van der Waals surface area contributed by atoms with Gasteiger partial charge in [0.05, 0.1) is 10.0 Å². The second-order valence-corrected chi connectivity index (χ2v) is 3.51. The highest BCUT2D eigenvalue weighted by atomic mass is 79.9. The number of alkyl halides is 3. The van der Waals surface area contributed by atoms with Crippen LogP contribution in [0.15, 0.2) is 16.7 Å². The van der Waals surface area contributed by atoms with Crippen molar-refractivity contribution in [1.82, 2.24) is 4.98 Å². The molecule has 0 aliphatic rings. The Hall–Kier alpha value is -0.820. The Morgan fingerprint density at radius 3 is 2.53 bits per heavy atom. The van der Waals surface area contributed by atoms with Gasteiger partial charge in [-0.25, -0.2) is 9.78 Å². The maximum atomic E-state index is 12.2. The number of aromatic nitrogens is 1. The first kappa shape index (κ1) is 12.3. The highest BCUT2D eigenvalue weighted by Crippen LogP contribution is 2.33. The van der Waals surface area contributed by atoms with Crippen LogP contribution in [0.4, 0.5) is 18.0 Å². The molecule has 1 aromatic heterocycles. The van der Waals surface area contributed by atoms with E-state index in [1.165, 1.54) is 0 Å². The van der Waals surface area contributed by atoms with E-state index in [-0.39, 0.29) is 10.4 Å². The van der Waals surface area contributed by atoms with Crippen molar-refractivity contribution in [3.05, 3.63) is 22.3 Å². The number of hydrogen-bond donors (Lipinski definition) is 0. The molecule has 0 aromatic carbocycles. The average molecular weight is 304 g/mol. The lowest BCUT2D eigenvalue weighted by Crippen LogP contribution is -2.07. The van der Waals surface area contributed by atoms with Crippen molar-refractivity contribution < 1.29 is 22.7 Å². The summed E-state index contributed by atoms with van der Waals surface area (Å²) in [5.41, 5.74) is -2.13. The van der Waals surface area contributed by atoms with Crippen LogP contribution >= 0.6 is 27.5 Å². The van der Waals surface area contributed by atoms with Gasteiger partial charge >= 0.3 is 11.6 Å². The van der Waals surface area contributed by atoms with Crippen molar-refractivity contribution in [1.29, 1.82) is 0 Å². The van der Waals surface area contributed by atoms with Crippen LogP contribution in [-0.4, -0.2) is 10.4 Å². The highest BCUT2D eigenvalue weighted by Gasteiger charge is 2.31. The van der Waals surface area contributed by atoms with E-state index in [0.717, 1.165) is 6.07 Å². The fraction of sp³-hybridized carbons (Fsp3) is 0.143. The van der Waals surface area contributed by atoms with Gasteiger partial charge in [0.15, 0.2) is 0 Å². The first-order valence-electron chi connectivity index (χ1n) is 3.41. The third-order valence-corrected chi connectivity index (χ3v) is 1.96. The summed E-state index contributed by atoms with van der Waals surface area (Å²) < 4.78 is 40.7. The lowest BCUT2D eigenvalue weighted by Gasteiger charge is -2.07. The number of ether oxygens (including phenoxy) is 1. The second-order valence-electron chi connectivity index (χ2n) is 2.35. The van der Waals surface area contributed by atoms with Gasteiger partial charge in [-0.3, -0.25) is 0 Å². The minimum absolute atomic E-state index is 0.105. The Morgan fingerprint density at radius 2 is 2.13 bits per heavy atom. The standard InChI is InChI=1S/C7H2BrClF3NO2/c8-4-1-3(7(10,11)12)2-13-5(4)15-6(9)14/h1-2H. The summed E-state index contributed by atoms with van der Waals surface area (Å²) in [7, 11) is 0. The van der Waals surface area contributed by atoms with Crippen molar-refractivity contribution in [3.63, 3.8) is 0 Å². The topological polar surface area (TPSA) is 39.2 Å². The number of hydrogen-bond acceptors (Lipinski definition) is 3. The molecule has 1 rings (SSSR count). The van der Waals surface area contributed by atoms with Gasteiger partial charge in [-0.15, -0.1) is 0 Å². The molecule has 0 aliphatic heterocycles. The molecule has 15 heavy (non-hydrogen) atoms. The predicted molar refractivity (Wildman–Crippen MR) is 48.8 cm³/mol. The first-order chi connectivity index (χ1) is 6.80. The van der Waals surface area contributed by atoms with E-state index in [1.54, 1.807) is 0 Å². The number of rotatable bonds is 1. The fourth-order valence-electron chi connectivity index (χ4n) is 0.731. The summed E-state index contributed by atoms with van der Waals surface area (Å²) >= 11 is 7.64. The Bertz CT molecular complexity index is 396. The first-order valence-corrected chi connectivity index (χ1v) is 4.58. The van der Waals surface area contributed by atoms with E-state index in [0.29, 0.717) is 6.20 Å². The normalized spacial score (nSPS) is 11.3. The van der Waals surface area contributed by atoms with E-state index in [9.17, 15) is 18.0 Å². The zero-order valence-electron chi connectivity index (χ0n) is 6.81. The predicted octanol–water partition coefficient (Wildman–Crippen LogP) is 3.60. The van der Waals surface area contributed by atoms with Crippen LogP contribution in [-0.2, 0) is 6.18 Å². The van der Waals surface area contributed by atoms with Crippen LogP contribution < -0.4 is 4.74 Å². The van der Waals surface area contributed by atoms with Crippen molar-refractivity contribution in [2.75, 3.05) is 0 Å². The van der Waals surface area contributed by atoms with Gasteiger partial charge in [-0.05, 0) is 22.0 Å². The maximum Gasteiger partial charge on any atom is 0.417 e. The van der Waals surface area contributed by atoms with Gasteiger partial charge in [-0.2, -0.15) is 13.2 Å². The number of carbonyl (C=O) groups excluding carboxylic acids is 1. The van der Waals surface area contributed by atoms with Crippen molar-refractivity contribution in [3.8, 4) is 5.88 Å². The zero-order valence-corrected chi connectivity index (χ0v) is 9.15. The van der Waals surface area contributed by atoms with Gasteiger partial charge in [0.1, 0.15) is 0 Å². The Labute approximate surface area is 95.3 Å². The summed E-state index contributed by atoms with van der Waals surface area (Å²) in [6, 6.07) is 0.738. The van der Waals surface area contributed by atoms with Crippen LogP contribution in [0.5, 0.6) is 5.88 Å². The molecule has 0 amide bonds. The largest absolute Gasteiger partial charge is 0.417 e. The Morgan fingerprint density at radius 1 is 1.53 bits per heavy atom. The minimum Gasteiger partial charge on any atom is -0.394 e. The number of halogens is 5. The Balaban J connectivity index is 3.03. The maximum absolute atomic E-state index is 12.2. The minimum atomic E-state index is -4.50. The summed E-state index contributed by atoms with van der Waals surface area (Å²) in [5, 5.41) is 0. The highest BCUT2D eigenvalue weighted by molar-refractivity contribution is 9.10. The Kier molecular flexibility index (Phi) is 3.56. The molecule has 0 bridgehead atoms. The molecule has 0 saturated carbocycles. The van der Waals surface area contributed by atoms with Crippen LogP contribution in [0, 0.1) is 0 Å². The van der Waals surface area contributed by atoms with Gasteiger partial charge in [0.25, 0.3) is 0 Å². The van der Waals surface area contributed by atoms with Crippen molar-refractivity contribution in [2.45, 2.75) is 6.18 Å². The van der Waals surface area contributed by atoms with Crippen LogP contribution in [0.2, 0.25) is 0 Å². The lowest BCUT2D eigenvalue weighted by molar-refractivity contribution is -0.137. The monoisotopic (exact) mass is 303 g/mol. The smallest absolute Gasteiger partial charge is 0.394 e. The SMILES string of the molecule is O=C(Cl)Oc1ncc(C(F)(F)F)cc1Br. The van der Waals surface area contributed by atoms with E-state index in [2.05, 4.69) is 25.7 Å². The number of carbonyl (C=O) groups is 1. The van der Waals surface area contributed by atoms with Crippen LogP contribution in [0.25, 0.3) is 0 Å². The molecule has 0 radical (unpaired) electrons. The van der Waals surface area contributed by atoms with E-state index >= 15 is 0 Å². The third kappa shape index (κ3) is 3.35. The molecule has 0 saturated heterocycles. The molecule has 3 nitrogen and oxygen atoms in total. The van der Waals surface area contributed by atoms with E-state index in [1.807, 2.05) is 0 Å². The fourth-order valence-corrected chi connectivity index (χ4v) is 1.23. The molecule has 0 spiro atoms. The van der Waals surface area contributed by atoms with Crippen molar-refractivity contribution >= 4 is 33.0 Å². The zero-order chi connectivity index (χ0) is 11.6. The molecule has 82 valence electrons. The summed E-state index contributed by atoms with van der Waals surface area (Å²) in [4.78, 5) is 13.6. The molecule has 8 heteroatoms. The lowest BCUT2D eigenvalue weighted by atomic mass is 10.3. The van der Waals surface area contributed by atoms with Gasteiger partial charge in [0.2, 0.25) is 5.88 Å². The van der Waals surface area contributed by atoms with Gasteiger partial charge in [-0.1, -0.05) is 0 Å². The van der Waals surface area contributed by atoms with E-state index in [4.69, 9.17) is 11.6 Å². The van der Waals surface area contributed by atoms with Crippen LogP contribution in [0.1, 0.15) is 5.56 Å². The second kappa shape index (κ2) is 4.36. The molecule has 1 heterocycles. The molecule has 0 aliphatic carbocycles. The van der Waals surface area contributed by atoms with Gasteiger partial charge in [0, 0.05) is 17.8 Å². The molecule has 0 atom stereocenters. The molecule has 0 N–H and O–H groups in total. The summed E-state index contributed by atoms with van der Waals surface area (Å²) in [5.74, 6) is -0.317. The average Bonchev–Trinajstić information content (AvgIpc) is 2.05. The molecular weight excluding hydrogens is 302 g/mol. The quantitative estimate of drug-likeness (QED) is 0.744. The van der Waals surface area contributed by atoms with Crippen LogP contribution in [0.3, 0.4) is 0 Å². The number of nitrogens with zero attached hydrogens (tertiary/aromatic N) is 1. The third-order valence-electron chi connectivity index (χ3n) is 1.31. The summed E-state index contributed by atoms with van der Waals surface area (Å²) in [6.07, 6.45) is -3.96. The molecular formula is C7H2BrClF3NO2. The van der Waals surface area contributed by atoms with E-state index < -0.39 is 17.2 Å². The summed E-state index contributed by atoms with van der Waals surface area (Å²) in [6.45, 7) is 0. The molecule has 1 aromatic rings. The molecule has 0 unspecified atom stereocenters. The number of pyridine rings is 1. The molecule has 0 fully saturated rings.